The van der Waals surface area contributed by atoms with Crippen molar-refractivity contribution in [3.63, 3.8) is 0 Å². The summed E-state index contributed by atoms with van der Waals surface area (Å²) in [5.74, 6) is -1.30. The Labute approximate surface area is 152 Å². The number of nitrogens with zero attached hydrogens (tertiary/aromatic N) is 1. The van der Waals surface area contributed by atoms with Crippen LogP contribution in [0.4, 0.5) is 4.79 Å². The number of hydrogen-bond donors (Lipinski definition) is 1. The predicted octanol–water partition coefficient (Wildman–Crippen LogP) is 2.97. The number of carboxylic acid groups (broad SMARTS) is 1. The van der Waals surface area contributed by atoms with Crippen LogP contribution >= 0.6 is 7.60 Å². The molecular formula is C17H24NO7P. The first-order chi connectivity index (χ1) is 12.4. The van der Waals surface area contributed by atoms with E-state index in [1.54, 1.807) is 0 Å². The lowest BCUT2D eigenvalue weighted by atomic mass is 9.92. The zero-order chi connectivity index (χ0) is 19.2. The van der Waals surface area contributed by atoms with Crippen LogP contribution in [0.15, 0.2) is 30.3 Å². The van der Waals surface area contributed by atoms with Crippen molar-refractivity contribution < 1.29 is 33.0 Å². The van der Waals surface area contributed by atoms with Gasteiger partial charge in [-0.3, -0.25) is 9.46 Å². The second-order valence-electron chi connectivity index (χ2n) is 6.14. The molecule has 0 aliphatic carbocycles. The van der Waals surface area contributed by atoms with Crippen molar-refractivity contribution in [2.24, 2.45) is 5.92 Å². The molecule has 1 aromatic rings. The summed E-state index contributed by atoms with van der Waals surface area (Å²) in [7, 11) is -0.629. The van der Waals surface area contributed by atoms with Gasteiger partial charge in [-0.15, -0.1) is 0 Å². The van der Waals surface area contributed by atoms with Crippen molar-refractivity contribution in [1.82, 2.24) is 4.90 Å². The molecule has 1 aliphatic heterocycles. The monoisotopic (exact) mass is 385 g/mol. The van der Waals surface area contributed by atoms with Crippen LogP contribution in [0.25, 0.3) is 0 Å². The Morgan fingerprint density at radius 1 is 1.23 bits per heavy atom. The van der Waals surface area contributed by atoms with Crippen LogP contribution < -0.4 is 0 Å². The van der Waals surface area contributed by atoms with E-state index < -0.39 is 25.7 Å². The van der Waals surface area contributed by atoms with Gasteiger partial charge in [0.15, 0.2) is 0 Å². The first-order valence-corrected chi connectivity index (χ1v) is 10.0. The zero-order valence-electron chi connectivity index (χ0n) is 14.9. The van der Waals surface area contributed by atoms with Gasteiger partial charge in [0.2, 0.25) is 0 Å². The highest BCUT2D eigenvalue weighted by atomic mass is 31.2. The third-order valence-electron chi connectivity index (χ3n) is 4.47. The molecule has 1 aliphatic rings. The molecule has 26 heavy (non-hydrogen) atoms. The number of carboxylic acids is 1. The highest BCUT2D eigenvalue weighted by Gasteiger charge is 2.39. The average Bonchev–Trinajstić information content (AvgIpc) is 2.66. The number of carbonyl (C=O) groups is 2. The average molecular weight is 385 g/mol. The van der Waals surface area contributed by atoms with Crippen LogP contribution in [-0.4, -0.2) is 55.0 Å². The lowest BCUT2D eigenvalue weighted by Crippen LogP contribution is -2.50. The van der Waals surface area contributed by atoms with Crippen LogP contribution in [0.1, 0.15) is 18.4 Å². The molecule has 0 radical (unpaired) electrons. The van der Waals surface area contributed by atoms with Gasteiger partial charge in [-0.05, 0) is 24.3 Å². The molecule has 0 unspecified atom stereocenters. The van der Waals surface area contributed by atoms with Crippen LogP contribution in [0.3, 0.4) is 0 Å². The van der Waals surface area contributed by atoms with Crippen LogP contribution in [0, 0.1) is 5.92 Å². The van der Waals surface area contributed by atoms with Gasteiger partial charge in [0.25, 0.3) is 0 Å². The van der Waals surface area contributed by atoms with Crippen molar-refractivity contribution >= 4 is 19.7 Å². The Balaban J connectivity index is 1.98. The van der Waals surface area contributed by atoms with Gasteiger partial charge in [0.05, 0.1) is 6.16 Å². The van der Waals surface area contributed by atoms with Gasteiger partial charge in [-0.25, -0.2) is 9.59 Å². The molecule has 0 spiro atoms. The second kappa shape index (κ2) is 9.16. The fraction of sp³-hybridized carbons (Fsp3) is 0.529. The molecule has 0 saturated carbocycles. The Hall–Kier alpha value is -1.89. The molecule has 1 saturated heterocycles. The Bertz CT molecular complexity index is 658. The molecule has 2 atom stereocenters. The van der Waals surface area contributed by atoms with Crippen molar-refractivity contribution in [3.8, 4) is 0 Å². The summed E-state index contributed by atoms with van der Waals surface area (Å²) in [6.07, 6.45) is 0.130. The van der Waals surface area contributed by atoms with Crippen molar-refractivity contribution in [3.05, 3.63) is 35.9 Å². The van der Waals surface area contributed by atoms with Gasteiger partial charge in [0.1, 0.15) is 12.6 Å². The van der Waals surface area contributed by atoms with Crippen LogP contribution in [-0.2, 0) is 29.8 Å². The quantitative estimate of drug-likeness (QED) is 0.720. The molecule has 144 valence electrons. The maximum absolute atomic E-state index is 12.3. The number of aliphatic carboxylic acids is 1. The Kier molecular flexibility index (Phi) is 7.20. The van der Waals surface area contributed by atoms with E-state index in [1.807, 2.05) is 30.3 Å². The van der Waals surface area contributed by atoms with E-state index in [4.69, 9.17) is 13.8 Å². The molecule has 1 heterocycles. The fourth-order valence-electron chi connectivity index (χ4n) is 3.00. The van der Waals surface area contributed by atoms with Gasteiger partial charge in [-0.1, -0.05) is 30.3 Å². The van der Waals surface area contributed by atoms with Gasteiger partial charge in [-0.2, -0.15) is 0 Å². The minimum absolute atomic E-state index is 0.0779. The summed E-state index contributed by atoms with van der Waals surface area (Å²) in [5.41, 5.74) is 0.823. The Morgan fingerprint density at radius 3 is 2.46 bits per heavy atom. The molecular weight excluding hydrogens is 361 g/mol. The third kappa shape index (κ3) is 5.30. The lowest BCUT2D eigenvalue weighted by Gasteiger charge is -2.36. The molecule has 0 bridgehead atoms. The number of rotatable bonds is 7. The Morgan fingerprint density at radius 2 is 1.88 bits per heavy atom. The van der Waals surface area contributed by atoms with Gasteiger partial charge < -0.3 is 18.9 Å². The number of piperidine rings is 1. The van der Waals surface area contributed by atoms with E-state index >= 15 is 0 Å². The van der Waals surface area contributed by atoms with Crippen molar-refractivity contribution in [2.75, 3.05) is 26.9 Å². The summed E-state index contributed by atoms with van der Waals surface area (Å²) in [6, 6.07) is 8.13. The largest absolute Gasteiger partial charge is 0.480 e. The third-order valence-corrected chi connectivity index (χ3v) is 6.55. The van der Waals surface area contributed by atoms with Crippen molar-refractivity contribution in [1.29, 1.82) is 0 Å². The number of benzene rings is 1. The van der Waals surface area contributed by atoms with E-state index in [1.165, 1.54) is 19.1 Å². The van der Waals surface area contributed by atoms with Gasteiger partial charge in [0, 0.05) is 20.8 Å². The summed E-state index contributed by atoms with van der Waals surface area (Å²) < 4.78 is 27.4. The zero-order valence-corrected chi connectivity index (χ0v) is 15.8. The normalized spacial score (nSPS) is 20.6. The van der Waals surface area contributed by atoms with Gasteiger partial charge >= 0.3 is 19.7 Å². The predicted molar refractivity (Wildman–Crippen MR) is 94.0 cm³/mol. The number of likely N-dealkylation sites (tertiary alicyclic amines) is 1. The summed E-state index contributed by atoms with van der Waals surface area (Å²) >= 11 is 0. The summed E-state index contributed by atoms with van der Waals surface area (Å²) in [5, 5.41) is 9.49. The maximum Gasteiger partial charge on any atom is 0.410 e. The lowest BCUT2D eigenvalue weighted by molar-refractivity contribution is -0.144. The molecule has 9 heteroatoms. The molecule has 8 nitrogen and oxygen atoms in total. The molecule has 1 N–H and O–H groups in total. The smallest absolute Gasteiger partial charge is 0.410 e. The maximum atomic E-state index is 12.3. The number of hydrogen-bond acceptors (Lipinski definition) is 6. The highest BCUT2D eigenvalue weighted by Crippen LogP contribution is 2.49. The van der Waals surface area contributed by atoms with E-state index in [0.29, 0.717) is 6.42 Å². The minimum Gasteiger partial charge on any atom is -0.480 e. The van der Waals surface area contributed by atoms with E-state index in [9.17, 15) is 19.3 Å². The van der Waals surface area contributed by atoms with Crippen LogP contribution in [0.2, 0.25) is 0 Å². The fourth-order valence-corrected chi connectivity index (χ4v) is 4.41. The number of ether oxygens (including phenoxy) is 1. The molecule has 1 aromatic carbocycles. The van der Waals surface area contributed by atoms with Crippen molar-refractivity contribution in [2.45, 2.75) is 25.5 Å². The minimum atomic E-state index is -3.23. The molecule has 1 fully saturated rings. The summed E-state index contributed by atoms with van der Waals surface area (Å²) in [4.78, 5) is 25.2. The van der Waals surface area contributed by atoms with E-state index in [0.717, 1.165) is 5.56 Å². The highest BCUT2D eigenvalue weighted by molar-refractivity contribution is 7.53. The van der Waals surface area contributed by atoms with Crippen LogP contribution in [0.5, 0.6) is 0 Å². The SMILES string of the molecule is COP(=O)(C[C@H]1CCN(C(=O)OCc2ccccc2)[C@@H](C(=O)O)C1)OC. The van der Waals surface area contributed by atoms with E-state index in [2.05, 4.69) is 0 Å². The number of carbonyl (C=O) groups excluding carboxylic acids is 1. The molecule has 1 amide bonds. The summed E-state index contributed by atoms with van der Waals surface area (Å²) in [6.45, 7) is 0.289. The first kappa shape index (κ1) is 20.4. The first-order valence-electron chi connectivity index (χ1n) is 8.29. The molecule has 0 aromatic heterocycles. The van der Waals surface area contributed by atoms with E-state index in [-0.39, 0.29) is 31.7 Å². The number of amides is 1. The topological polar surface area (TPSA) is 102 Å². The second-order valence-corrected chi connectivity index (χ2v) is 8.45. The molecule has 2 rings (SSSR count). The standard InChI is InChI=1S/C17H24NO7P/c1-23-26(22,24-2)12-14-8-9-18(15(10-14)16(19)20)17(21)25-11-13-6-4-3-5-7-13/h3-7,14-15H,8-12H2,1-2H3,(H,19,20)/t14-,15+/m0/s1.